The average Bonchev–Trinajstić information content (AvgIpc) is 3.48. The molecular formula is C21H23N5O3. The molecule has 3 aromatic rings. The molecule has 4 rings (SSSR count). The fourth-order valence-electron chi connectivity index (χ4n) is 3.61. The van der Waals surface area contributed by atoms with Gasteiger partial charge in [-0.2, -0.15) is 0 Å². The molecule has 29 heavy (non-hydrogen) atoms. The second-order valence-corrected chi connectivity index (χ2v) is 7.24. The number of hydrogen-bond donors (Lipinski definition) is 2. The van der Waals surface area contributed by atoms with Crippen molar-refractivity contribution < 1.29 is 14.1 Å². The average molecular weight is 393 g/mol. The molecule has 0 bridgehead atoms. The van der Waals surface area contributed by atoms with Crippen LogP contribution in [0.1, 0.15) is 29.9 Å². The number of nitrogens with zero attached hydrogens (tertiary/aromatic N) is 3. The summed E-state index contributed by atoms with van der Waals surface area (Å²) in [6.45, 7) is 2.82. The summed E-state index contributed by atoms with van der Waals surface area (Å²) >= 11 is 0. The SMILES string of the molecule is Cc1cc(CC(=O)N2CCC[C@H]2C(=O)NCc2ccc(-c3cnc[nH]3)cc2)on1. The third-order valence-corrected chi connectivity index (χ3v) is 5.11. The molecule has 8 heteroatoms. The number of carbonyl (C=O) groups is 2. The quantitative estimate of drug-likeness (QED) is 0.668. The lowest BCUT2D eigenvalue weighted by Gasteiger charge is -2.23. The molecule has 1 fully saturated rings. The molecule has 3 heterocycles. The van der Waals surface area contributed by atoms with E-state index in [1.165, 1.54) is 0 Å². The Morgan fingerprint density at radius 2 is 2.14 bits per heavy atom. The van der Waals surface area contributed by atoms with Gasteiger partial charge in [-0.1, -0.05) is 29.4 Å². The van der Waals surface area contributed by atoms with Crippen LogP contribution in [0.4, 0.5) is 0 Å². The molecular weight excluding hydrogens is 370 g/mol. The van der Waals surface area contributed by atoms with Gasteiger partial charge >= 0.3 is 0 Å². The topological polar surface area (TPSA) is 104 Å². The van der Waals surface area contributed by atoms with Gasteiger partial charge in [-0.05, 0) is 30.9 Å². The van der Waals surface area contributed by atoms with Crippen LogP contribution in [-0.2, 0) is 22.6 Å². The molecule has 1 atom stereocenters. The predicted octanol–water partition coefficient (Wildman–Crippen LogP) is 2.22. The Morgan fingerprint density at radius 3 is 2.83 bits per heavy atom. The van der Waals surface area contributed by atoms with Crippen molar-refractivity contribution in [3.8, 4) is 11.3 Å². The molecule has 150 valence electrons. The monoisotopic (exact) mass is 393 g/mol. The van der Waals surface area contributed by atoms with Gasteiger partial charge < -0.3 is 19.7 Å². The van der Waals surface area contributed by atoms with Gasteiger partial charge in [0.05, 0.1) is 30.3 Å². The van der Waals surface area contributed by atoms with E-state index in [1.54, 1.807) is 23.5 Å². The highest BCUT2D eigenvalue weighted by Gasteiger charge is 2.34. The lowest BCUT2D eigenvalue weighted by atomic mass is 10.1. The predicted molar refractivity (Wildman–Crippen MR) is 106 cm³/mol. The van der Waals surface area contributed by atoms with Crippen molar-refractivity contribution in [2.75, 3.05) is 6.54 Å². The molecule has 1 saturated heterocycles. The summed E-state index contributed by atoms with van der Waals surface area (Å²) in [6, 6.07) is 9.23. The van der Waals surface area contributed by atoms with Crippen LogP contribution < -0.4 is 5.32 Å². The normalized spacial score (nSPS) is 16.2. The Kier molecular flexibility index (Phi) is 5.41. The Labute approximate surface area is 168 Å². The van der Waals surface area contributed by atoms with Crippen LogP contribution in [-0.4, -0.2) is 44.4 Å². The zero-order valence-electron chi connectivity index (χ0n) is 16.2. The minimum absolute atomic E-state index is 0.109. The number of aromatic amines is 1. The van der Waals surface area contributed by atoms with E-state index in [-0.39, 0.29) is 18.2 Å². The number of H-pyrrole nitrogens is 1. The first-order chi connectivity index (χ1) is 14.1. The minimum atomic E-state index is -0.434. The Morgan fingerprint density at radius 1 is 1.31 bits per heavy atom. The molecule has 2 N–H and O–H groups in total. The van der Waals surface area contributed by atoms with E-state index >= 15 is 0 Å². The first kappa shape index (κ1) is 18.9. The Bertz CT molecular complexity index is 978. The van der Waals surface area contributed by atoms with Crippen LogP contribution in [0.15, 0.2) is 47.4 Å². The number of amides is 2. The van der Waals surface area contributed by atoms with Crippen molar-refractivity contribution >= 4 is 11.8 Å². The highest BCUT2D eigenvalue weighted by molar-refractivity contribution is 5.88. The van der Waals surface area contributed by atoms with E-state index in [1.807, 2.05) is 31.2 Å². The van der Waals surface area contributed by atoms with Crippen molar-refractivity contribution in [2.24, 2.45) is 0 Å². The molecule has 0 spiro atoms. The second-order valence-electron chi connectivity index (χ2n) is 7.24. The third kappa shape index (κ3) is 4.37. The van der Waals surface area contributed by atoms with Gasteiger partial charge in [-0.15, -0.1) is 0 Å². The van der Waals surface area contributed by atoms with E-state index in [9.17, 15) is 9.59 Å². The van der Waals surface area contributed by atoms with Crippen LogP contribution in [0.5, 0.6) is 0 Å². The van der Waals surface area contributed by atoms with Crippen molar-refractivity contribution in [1.29, 1.82) is 0 Å². The first-order valence-corrected chi connectivity index (χ1v) is 9.67. The maximum Gasteiger partial charge on any atom is 0.243 e. The Balaban J connectivity index is 1.33. The summed E-state index contributed by atoms with van der Waals surface area (Å²) in [6.07, 6.45) is 5.02. The highest BCUT2D eigenvalue weighted by atomic mass is 16.5. The van der Waals surface area contributed by atoms with Crippen molar-refractivity contribution in [1.82, 2.24) is 25.3 Å². The minimum Gasteiger partial charge on any atom is -0.361 e. The number of carbonyl (C=O) groups excluding carboxylic acids is 2. The maximum absolute atomic E-state index is 12.7. The van der Waals surface area contributed by atoms with E-state index in [2.05, 4.69) is 20.4 Å². The molecule has 1 aromatic carbocycles. The zero-order chi connectivity index (χ0) is 20.2. The second kappa shape index (κ2) is 8.30. The first-order valence-electron chi connectivity index (χ1n) is 9.67. The van der Waals surface area contributed by atoms with Crippen LogP contribution >= 0.6 is 0 Å². The van der Waals surface area contributed by atoms with E-state index in [0.29, 0.717) is 25.3 Å². The number of rotatable bonds is 6. The van der Waals surface area contributed by atoms with Crippen LogP contribution in [0.25, 0.3) is 11.3 Å². The standard InChI is InChI=1S/C21H23N5O3/c1-14-9-17(29-25-14)10-20(27)26-8-2-3-19(26)21(28)23-11-15-4-6-16(7-5-15)18-12-22-13-24-18/h4-7,9,12-13,19H,2-3,8,10-11H2,1H3,(H,22,24)(H,23,28)/t19-/m0/s1. The van der Waals surface area contributed by atoms with E-state index < -0.39 is 6.04 Å². The van der Waals surface area contributed by atoms with Gasteiger partial charge in [-0.25, -0.2) is 4.98 Å². The molecule has 1 aliphatic heterocycles. The number of aromatic nitrogens is 3. The summed E-state index contributed by atoms with van der Waals surface area (Å²) in [5, 5.41) is 6.76. The number of imidazole rings is 1. The smallest absolute Gasteiger partial charge is 0.243 e. The van der Waals surface area contributed by atoms with Gasteiger partial charge in [-0.3, -0.25) is 9.59 Å². The third-order valence-electron chi connectivity index (χ3n) is 5.11. The van der Waals surface area contributed by atoms with Crippen molar-refractivity contribution in [3.63, 3.8) is 0 Å². The van der Waals surface area contributed by atoms with Gasteiger partial charge in [0.25, 0.3) is 0 Å². The van der Waals surface area contributed by atoms with Crippen molar-refractivity contribution in [2.45, 2.75) is 38.8 Å². The van der Waals surface area contributed by atoms with Crippen LogP contribution in [0.2, 0.25) is 0 Å². The van der Waals surface area contributed by atoms with Gasteiger partial charge in [0.1, 0.15) is 11.8 Å². The summed E-state index contributed by atoms with van der Waals surface area (Å²) in [7, 11) is 0. The van der Waals surface area contributed by atoms with Gasteiger partial charge in [0, 0.05) is 19.2 Å². The van der Waals surface area contributed by atoms with Gasteiger partial charge in [0.15, 0.2) is 0 Å². The summed E-state index contributed by atoms with van der Waals surface area (Å²) < 4.78 is 5.13. The highest BCUT2D eigenvalue weighted by Crippen LogP contribution is 2.20. The summed E-state index contributed by atoms with van der Waals surface area (Å²) in [5.41, 5.74) is 3.71. The van der Waals surface area contributed by atoms with Gasteiger partial charge in [0.2, 0.25) is 11.8 Å². The maximum atomic E-state index is 12.7. The van der Waals surface area contributed by atoms with E-state index in [0.717, 1.165) is 28.9 Å². The lowest BCUT2D eigenvalue weighted by molar-refractivity contribution is -0.138. The lowest BCUT2D eigenvalue weighted by Crippen LogP contribution is -2.46. The molecule has 1 aliphatic rings. The summed E-state index contributed by atoms with van der Waals surface area (Å²) in [5.74, 6) is 0.292. The number of hydrogen-bond acceptors (Lipinski definition) is 5. The zero-order valence-corrected chi connectivity index (χ0v) is 16.2. The molecule has 0 saturated carbocycles. The van der Waals surface area contributed by atoms with E-state index in [4.69, 9.17) is 4.52 Å². The molecule has 8 nitrogen and oxygen atoms in total. The number of benzene rings is 1. The molecule has 0 aliphatic carbocycles. The van der Waals surface area contributed by atoms with Crippen LogP contribution in [0, 0.1) is 6.92 Å². The Hall–Kier alpha value is -3.42. The molecule has 2 aromatic heterocycles. The molecule has 2 amide bonds. The number of likely N-dealkylation sites (tertiary alicyclic amines) is 1. The van der Waals surface area contributed by atoms with Crippen LogP contribution in [0.3, 0.4) is 0 Å². The number of aryl methyl sites for hydroxylation is 1. The molecule has 0 radical (unpaired) electrons. The fraction of sp³-hybridized carbons (Fsp3) is 0.333. The fourth-order valence-corrected chi connectivity index (χ4v) is 3.61. The number of nitrogens with one attached hydrogen (secondary N) is 2. The molecule has 0 unspecified atom stereocenters. The van der Waals surface area contributed by atoms with Crippen molar-refractivity contribution in [3.05, 3.63) is 59.9 Å². The summed E-state index contributed by atoms with van der Waals surface area (Å²) in [4.78, 5) is 34.0. The largest absolute Gasteiger partial charge is 0.361 e.